The van der Waals surface area contributed by atoms with Crippen molar-refractivity contribution in [2.75, 3.05) is 24.5 Å². The SMILES string of the molecule is CC1(C)CN(c2ccccc2OC(F)(F)F)CCN1. The van der Waals surface area contributed by atoms with Gasteiger partial charge in [-0.15, -0.1) is 13.2 Å². The van der Waals surface area contributed by atoms with Crippen LogP contribution in [0.3, 0.4) is 0 Å². The molecule has 1 aliphatic heterocycles. The molecule has 0 aliphatic carbocycles. The van der Waals surface area contributed by atoms with E-state index in [1.54, 1.807) is 12.1 Å². The van der Waals surface area contributed by atoms with Gasteiger partial charge in [0.1, 0.15) is 0 Å². The quantitative estimate of drug-likeness (QED) is 0.897. The van der Waals surface area contributed by atoms with E-state index >= 15 is 0 Å². The second-order valence-corrected chi connectivity index (χ2v) is 5.25. The number of nitrogens with zero attached hydrogens (tertiary/aromatic N) is 1. The van der Waals surface area contributed by atoms with Crippen molar-refractivity contribution >= 4 is 5.69 Å². The van der Waals surface area contributed by atoms with Crippen LogP contribution in [0.25, 0.3) is 0 Å². The third-order valence-electron chi connectivity index (χ3n) is 3.00. The number of halogens is 3. The van der Waals surface area contributed by atoms with E-state index in [0.717, 1.165) is 6.54 Å². The average Bonchev–Trinajstić information content (AvgIpc) is 2.26. The van der Waals surface area contributed by atoms with E-state index in [-0.39, 0.29) is 11.3 Å². The molecule has 1 aromatic carbocycles. The van der Waals surface area contributed by atoms with Crippen LogP contribution < -0.4 is 15.0 Å². The molecule has 6 heteroatoms. The van der Waals surface area contributed by atoms with Gasteiger partial charge in [0.25, 0.3) is 0 Å². The zero-order valence-corrected chi connectivity index (χ0v) is 10.9. The summed E-state index contributed by atoms with van der Waals surface area (Å²) in [4.78, 5) is 1.91. The number of benzene rings is 1. The van der Waals surface area contributed by atoms with E-state index in [4.69, 9.17) is 0 Å². The maximum absolute atomic E-state index is 12.4. The van der Waals surface area contributed by atoms with Gasteiger partial charge in [-0.1, -0.05) is 12.1 Å². The molecule has 1 N–H and O–H groups in total. The highest BCUT2D eigenvalue weighted by Crippen LogP contribution is 2.33. The summed E-state index contributed by atoms with van der Waals surface area (Å²) in [5.74, 6) is -0.146. The van der Waals surface area contributed by atoms with Crippen molar-refractivity contribution in [2.45, 2.75) is 25.7 Å². The van der Waals surface area contributed by atoms with Gasteiger partial charge in [0.05, 0.1) is 5.69 Å². The molecule has 0 radical (unpaired) electrons. The maximum atomic E-state index is 12.4. The molecule has 1 heterocycles. The van der Waals surface area contributed by atoms with Crippen molar-refractivity contribution in [2.24, 2.45) is 0 Å². The molecule has 106 valence electrons. The lowest BCUT2D eigenvalue weighted by Crippen LogP contribution is -2.57. The van der Waals surface area contributed by atoms with Gasteiger partial charge in [-0.25, -0.2) is 0 Å². The number of piperazine rings is 1. The normalized spacial score (nSPS) is 19.3. The highest BCUT2D eigenvalue weighted by molar-refractivity contribution is 5.59. The number of nitrogens with one attached hydrogen (secondary N) is 1. The Balaban J connectivity index is 2.24. The summed E-state index contributed by atoms with van der Waals surface area (Å²) in [5, 5.41) is 3.32. The Morgan fingerprint density at radius 1 is 1.26 bits per heavy atom. The van der Waals surface area contributed by atoms with Gasteiger partial charge < -0.3 is 15.0 Å². The van der Waals surface area contributed by atoms with Crippen LogP contribution in [0.1, 0.15) is 13.8 Å². The Kier molecular flexibility index (Phi) is 3.62. The van der Waals surface area contributed by atoms with E-state index < -0.39 is 6.36 Å². The minimum atomic E-state index is -4.67. The Morgan fingerprint density at radius 2 is 1.95 bits per heavy atom. The van der Waals surface area contributed by atoms with Crippen LogP contribution in [0.15, 0.2) is 24.3 Å². The van der Waals surface area contributed by atoms with E-state index in [9.17, 15) is 13.2 Å². The van der Waals surface area contributed by atoms with Crippen LogP contribution in [-0.4, -0.2) is 31.5 Å². The minimum absolute atomic E-state index is 0.135. The average molecular weight is 274 g/mol. The number of para-hydroxylation sites is 2. The fraction of sp³-hybridized carbons (Fsp3) is 0.538. The molecule has 1 saturated heterocycles. The highest BCUT2D eigenvalue weighted by atomic mass is 19.4. The molecule has 0 unspecified atom stereocenters. The van der Waals surface area contributed by atoms with Crippen molar-refractivity contribution in [1.82, 2.24) is 5.32 Å². The number of hydrogen-bond donors (Lipinski definition) is 1. The van der Waals surface area contributed by atoms with Gasteiger partial charge in [0.15, 0.2) is 5.75 Å². The molecule has 0 aromatic heterocycles. The third-order valence-corrected chi connectivity index (χ3v) is 3.00. The first-order valence-electron chi connectivity index (χ1n) is 6.12. The Hall–Kier alpha value is -1.43. The topological polar surface area (TPSA) is 24.5 Å². The van der Waals surface area contributed by atoms with E-state index in [0.29, 0.717) is 18.8 Å². The first-order valence-corrected chi connectivity index (χ1v) is 6.12. The molecular weight excluding hydrogens is 257 g/mol. The molecule has 3 nitrogen and oxygen atoms in total. The van der Waals surface area contributed by atoms with Gasteiger partial charge >= 0.3 is 6.36 Å². The number of rotatable bonds is 2. The number of ether oxygens (including phenoxy) is 1. The second kappa shape index (κ2) is 4.92. The van der Waals surface area contributed by atoms with Crippen molar-refractivity contribution < 1.29 is 17.9 Å². The maximum Gasteiger partial charge on any atom is 0.573 e. The van der Waals surface area contributed by atoms with Crippen LogP contribution in [0.2, 0.25) is 0 Å². The fourth-order valence-corrected chi connectivity index (χ4v) is 2.28. The van der Waals surface area contributed by atoms with Crippen LogP contribution in [0.4, 0.5) is 18.9 Å². The van der Waals surface area contributed by atoms with Crippen LogP contribution in [0, 0.1) is 0 Å². The zero-order chi connectivity index (χ0) is 14.1. The minimum Gasteiger partial charge on any atom is -0.404 e. The summed E-state index contributed by atoms with van der Waals surface area (Å²) in [5.41, 5.74) is 0.346. The lowest BCUT2D eigenvalue weighted by atomic mass is 10.0. The molecule has 19 heavy (non-hydrogen) atoms. The van der Waals surface area contributed by atoms with E-state index in [1.807, 2.05) is 18.7 Å². The van der Waals surface area contributed by atoms with E-state index in [1.165, 1.54) is 12.1 Å². The third kappa shape index (κ3) is 3.76. The Labute approximate surface area is 110 Å². The second-order valence-electron chi connectivity index (χ2n) is 5.25. The molecule has 0 spiro atoms. The van der Waals surface area contributed by atoms with Gasteiger partial charge in [-0.2, -0.15) is 0 Å². The number of anilines is 1. The van der Waals surface area contributed by atoms with Crippen molar-refractivity contribution in [3.05, 3.63) is 24.3 Å². The first kappa shape index (κ1) is 14.0. The Morgan fingerprint density at radius 3 is 2.58 bits per heavy atom. The van der Waals surface area contributed by atoms with E-state index in [2.05, 4.69) is 10.1 Å². The van der Waals surface area contributed by atoms with Gasteiger partial charge in [0, 0.05) is 25.2 Å². The lowest BCUT2D eigenvalue weighted by molar-refractivity contribution is -0.274. The molecule has 2 rings (SSSR count). The van der Waals surface area contributed by atoms with Gasteiger partial charge in [-0.3, -0.25) is 0 Å². The zero-order valence-electron chi connectivity index (χ0n) is 10.9. The summed E-state index contributed by atoms with van der Waals surface area (Å²) in [6.07, 6.45) is -4.67. The predicted octanol–water partition coefficient (Wildman–Crippen LogP) is 2.77. The van der Waals surface area contributed by atoms with Gasteiger partial charge in [-0.05, 0) is 26.0 Å². The predicted molar refractivity (Wildman–Crippen MR) is 67.4 cm³/mol. The van der Waals surface area contributed by atoms with Crippen LogP contribution in [0.5, 0.6) is 5.75 Å². The highest BCUT2D eigenvalue weighted by Gasteiger charge is 2.34. The summed E-state index contributed by atoms with van der Waals surface area (Å²) < 4.78 is 41.3. The first-order chi connectivity index (χ1) is 8.77. The Bertz CT molecular complexity index is 446. The summed E-state index contributed by atoms with van der Waals surface area (Å²) in [6.45, 7) is 6.05. The lowest BCUT2D eigenvalue weighted by Gasteiger charge is -2.40. The molecule has 0 amide bonds. The molecule has 0 atom stereocenters. The molecule has 0 bridgehead atoms. The fourth-order valence-electron chi connectivity index (χ4n) is 2.28. The summed E-state index contributed by atoms with van der Waals surface area (Å²) >= 11 is 0. The molecule has 0 saturated carbocycles. The monoisotopic (exact) mass is 274 g/mol. The van der Waals surface area contributed by atoms with Crippen LogP contribution >= 0.6 is 0 Å². The summed E-state index contributed by atoms with van der Waals surface area (Å²) in [7, 11) is 0. The van der Waals surface area contributed by atoms with Crippen LogP contribution in [-0.2, 0) is 0 Å². The molecule has 1 fully saturated rings. The number of hydrogen-bond acceptors (Lipinski definition) is 3. The largest absolute Gasteiger partial charge is 0.573 e. The molecule has 1 aromatic rings. The van der Waals surface area contributed by atoms with Crippen molar-refractivity contribution in [3.8, 4) is 5.75 Å². The van der Waals surface area contributed by atoms with Crippen molar-refractivity contribution in [1.29, 1.82) is 0 Å². The van der Waals surface area contributed by atoms with Gasteiger partial charge in [0.2, 0.25) is 0 Å². The molecule has 1 aliphatic rings. The standard InChI is InChI=1S/C13H17F3N2O/c1-12(2)9-18(8-7-17-12)10-5-3-4-6-11(10)19-13(14,15)16/h3-6,17H,7-9H2,1-2H3. The molecular formula is C13H17F3N2O. The van der Waals surface area contributed by atoms with Crippen molar-refractivity contribution in [3.63, 3.8) is 0 Å². The smallest absolute Gasteiger partial charge is 0.404 e. The number of alkyl halides is 3. The summed E-state index contributed by atoms with van der Waals surface area (Å²) in [6, 6.07) is 6.26.